The molecule has 0 amide bonds. The van der Waals surface area contributed by atoms with E-state index in [1.165, 1.54) is 11.3 Å². The van der Waals surface area contributed by atoms with Crippen molar-refractivity contribution in [1.82, 2.24) is 15.1 Å². The fourth-order valence-corrected chi connectivity index (χ4v) is 2.16. The van der Waals surface area contributed by atoms with E-state index in [4.69, 9.17) is 10.3 Å². The van der Waals surface area contributed by atoms with Crippen molar-refractivity contribution in [1.29, 1.82) is 0 Å². The summed E-state index contributed by atoms with van der Waals surface area (Å²) in [6.45, 7) is 1.94. The predicted octanol–water partition coefficient (Wildman–Crippen LogP) is 2.75. The second-order valence-electron chi connectivity index (χ2n) is 3.83. The molecule has 0 saturated carbocycles. The molecule has 2 N–H and O–H groups in total. The van der Waals surface area contributed by atoms with Gasteiger partial charge in [-0.05, 0) is 18.6 Å². The molecule has 0 bridgehead atoms. The maximum atomic E-state index is 6.00. The molecule has 18 heavy (non-hydrogen) atoms. The van der Waals surface area contributed by atoms with Gasteiger partial charge in [0.05, 0.1) is 11.1 Å². The molecule has 5 nitrogen and oxygen atoms in total. The first kappa shape index (κ1) is 10.9. The number of hydrogen-bond acceptors (Lipinski definition) is 6. The third kappa shape index (κ3) is 1.76. The summed E-state index contributed by atoms with van der Waals surface area (Å²) in [5.74, 6) is 0.895. The van der Waals surface area contributed by atoms with Crippen LogP contribution in [-0.2, 0) is 0 Å². The monoisotopic (exact) mass is 258 g/mol. The van der Waals surface area contributed by atoms with E-state index in [-0.39, 0.29) is 0 Å². The Hall–Kier alpha value is -2.21. The molecular weight excluding hydrogens is 248 g/mol. The second kappa shape index (κ2) is 4.23. The van der Waals surface area contributed by atoms with Gasteiger partial charge in [-0.3, -0.25) is 0 Å². The maximum Gasteiger partial charge on any atom is 0.260 e. The molecule has 0 aliphatic heterocycles. The van der Waals surface area contributed by atoms with Crippen LogP contribution in [0.2, 0.25) is 0 Å². The number of para-hydroxylation sites is 1. The van der Waals surface area contributed by atoms with Crippen molar-refractivity contribution in [2.45, 2.75) is 6.92 Å². The fourth-order valence-electron chi connectivity index (χ4n) is 1.63. The van der Waals surface area contributed by atoms with Crippen LogP contribution >= 0.6 is 11.3 Å². The number of nitrogens with two attached hydrogens (primary N) is 1. The van der Waals surface area contributed by atoms with Gasteiger partial charge in [-0.15, -0.1) is 11.3 Å². The van der Waals surface area contributed by atoms with Crippen LogP contribution < -0.4 is 5.73 Å². The number of nitrogen functional groups attached to an aromatic ring is 1. The lowest BCUT2D eigenvalue weighted by molar-refractivity contribution is 0.432. The minimum atomic E-state index is 0.416. The van der Waals surface area contributed by atoms with Gasteiger partial charge >= 0.3 is 0 Å². The minimum absolute atomic E-state index is 0.416. The third-order valence-electron chi connectivity index (χ3n) is 2.64. The average molecular weight is 258 g/mol. The van der Waals surface area contributed by atoms with Gasteiger partial charge in [-0.1, -0.05) is 17.3 Å². The number of thiazole rings is 1. The summed E-state index contributed by atoms with van der Waals surface area (Å²) in [6, 6.07) is 5.71. The third-order valence-corrected chi connectivity index (χ3v) is 3.23. The van der Waals surface area contributed by atoms with Gasteiger partial charge in [0.1, 0.15) is 5.69 Å². The van der Waals surface area contributed by atoms with Gasteiger partial charge in [-0.25, -0.2) is 4.98 Å². The first-order valence-corrected chi connectivity index (χ1v) is 6.27. The van der Waals surface area contributed by atoms with Crippen molar-refractivity contribution in [3.8, 4) is 23.0 Å². The summed E-state index contributed by atoms with van der Waals surface area (Å²) in [5, 5.41) is 5.78. The van der Waals surface area contributed by atoms with Crippen LogP contribution in [0.3, 0.4) is 0 Å². The van der Waals surface area contributed by atoms with Crippen LogP contribution in [0.5, 0.6) is 0 Å². The molecule has 2 aromatic heterocycles. The van der Waals surface area contributed by atoms with E-state index in [9.17, 15) is 0 Å². The fraction of sp³-hybridized carbons (Fsp3) is 0.0833. The Kier molecular flexibility index (Phi) is 2.56. The Morgan fingerprint density at radius 2 is 2.22 bits per heavy atom. The molecule has 0 atom stereocenters. The van der Waals surface area contributed by atoms with Crippen LogP contribution in [0.25, 0.3) is 23.0 Å². The van der Waals surface area contributed by atoms with E-state index in [0.29, 0.717) is 23.1 Å². The van der Waals surface area contributed by atoms with Gasteiger partial charge in [0, 0.05) is 11.1 Å². The first-order valence-electron chi connectivity index (χ1n) is 5.33. The number of aryl methyl sites for hydroxylation is 1. The van der Waals surface area contributed by atoms with Crippen LogP contribution in [0.1, 0.15) is 5.56 Å². The normalized spacial score (nSPS) is 10.7. The first-order chi connectivity index (χ1) is 8.75. The standard InChI is InChI=1S/C12H10N4OS/c1-7-3-2-4-8(10(7)13)12-15-11(16-17-12)9-5-18-6-14-9/h2-6H,13H2,1H3. The van der Waals surface area contributed by atoms with Crippen LogP contribution in [0.4, 0.5) is 5.69 Å². The van der Waals surface area contributed by atoms with Crippen LogP contribution in [0.15, 0.2) is 33.6 Å². The molecule has 0 radical (unpaired) electrons. The van der Waals surface area contributed by atoms with Crippen LogP contribution in [-0.4, -0.2) is 15.1 Å². The average Bonchev–Trinajstić information content (AvgIpc) is 3.01. The van der Waals surface area contributed by atoms with Crippen molar-refractivity contribution in [2.75, 3.05) is 5.73 Å². The van der Waals surface area contributed by atoms with Crippen molar-refractivity contribution < 1.29 is 4.52 Å². The van der Waals surface area contributed by atoms with Crippen molar-refractivity contribution >= 4 is 17.0 Å². The van der Waals surface area contributed by atoms with E-state index in [0.717, 1.165) is 11.1 Å². The Labute approximate surface area is 107 Å². The minimum Gasteiger partial charge on any atom is -0.398 e. The summed E-state index contributed by atoms with van der Waals surface area (Å²) in [7, 11) is 0. The van der Waals surface area contributed by atoms with Gasteiger partial charge in [0.15, 0.2) is 0 Å². The van der Waals surface area contributed by atoms with Crippen LogP contribution in [0, 0.1) is 6.92 Å². The predicted molar refractivity (Wildman–Crippen MR) is 70.0 cm³/mol. The molecule has 0 aliphatic carbocycles. The summed E-state index contributed by atoms with van der Waals surface area (Å²) < 4.78 is 5.23. The summed E-state index contributed by atoms with van der Waals surface area (Å²) >= 11 is 1.49. The zero-order valence-electron chi connectivity index (χ0n) is 9.62. The molecule has 2 heterocycles. The van der Waals surface area contributed by atoms with Gasteiger partial charge in [0.25, 0.3) is 5.89 Å². The molecule has 6 heteroatoms. The highest BCUT2D eigenvalue weighted by Gasteiger charge is 2.14. The zero-order chi connectivity index (χ0) is 12.5. The molecule has 0 fully saturated rings. The molecule has 0 aliphatic rings. The molecule has 90 valence electrons. The number of anilines is 1. The number of rotatable bonds is 2. The largest absolute Gasteiger partial charge is 0.398 e. The van der Waals surface area contributed by atoms with E-state index < -0.39 is 0 Å². The van der Waals surface area contributed by atoms with Gasteiger partial charge in [0.2, 0.25) is 5.82 Å². The van der Waals surface area contributed by atoms with E-state index in [1.807, 2.05) is 30.5 Å². The number of nitrogens with zero attached hydrogens (tertiary/aromatic N) is 3. The summed E-state index contributed by atoms with van der Waals surface area (Å²) in [4.78, 5) is 8.45. The molecule has 3 rings (SSSR count). The van der Waals surface area contributed by atoms with E-state index >= 15 is 0 Å². The Bertz CT molecular complexity index is 675. The zero-order valence-corrected chi connectivity index (χ0v) is 10.4. The smallest absolute Gasteiger partial charge is 0.260 e. The van der Waals surface area contributed by atoms with Crippen molar-refractivity contribution in [2.24, 2.45) is 0 Å². The lowest BCUT2D eigenvalue weighted by atomic mass is 10.1. The Morgan fingerprint density at radius 3 is 3.00 bits per heavy atom. The highest BCUT2D eigenvalue weighted by molar-refractivity contribution is 7.07. The lowest BCUT2D eigenvalue weighted by Crippen LogP contribution is -1.93. The Morgan fingerprint density at radius 1 is 1.33 bits per heavy atom. The molecule has 1 aromatic carbocycles. The van der Waals surface area contributed by atoms with Gasteiger partial charge < -0.3 is 10.3 Å². The highest BCUT2D eigenvalue weighted by atomic mass is 32.1. The highest BCUT2D eigenvalue weighted by Crippen LogP contribution is 2.28. The molecule has 0 spiro atoms. The molecule has 0 saturated heterocycles. The van der Waals surface area contributed by atoms with E-state index in [1.54, 1.807) is 5.51 Å². The Balaban J connectivity index is 2.06. The lowest BCUT2D eigenvalue weighted by Gasteiger charge is -2.02. The number of hydrogen-bond donors (Lipinski definition) is 1. The van der Waals surface area contributed by atoms with E-state index in [2.05, 4.69) is 15.1 Å². The molecule has 3 aromatic rings. The second-order valence-corrected chi connectivity index (χ2v) is 4.55. The molecule has 0 unspecified atom stereocenters. The summed E-state index contributed by atoms with van der Waals surface area (Å²) in [6.07, 6.45) is 0. The topological polar surface area (TPSA) is 77.8 Å². The SMILES string of the molecule is Cc1cccc(-c2nc(-c3cscn3)no2)c1N. The molecular formula is C12H10N4OS. The quantitative estimate of drug-likeness (QED) is 0.715. The van der Waals surface area contributed by atoms with Gasteiger partial charge in [-0.2, -0.15) is 4.98 Å². The van der Waals surface area contributed by atoms with Crippen molar-refractivity contribution in [3.05, 3.63) is 34.7 Å². The number of benzene rings is 1. The summed E-state index contributed by atoms with van der Waals surface area (Å²) in [5.41, 5.74) is 10.8. The van der Waals surface area contributed by atoms with Crippen molar-refractivity contribution in [3.63, 3.8) is 0 Å². The maximum absolute atomic E-state index is 6.00. The number of aromatic nitrogens is 3.